The fourth-order valence-electron chi connectivity index (χ4n) is 1.09. The van der Waals surface area contributed by atoms with Gasteiger partial charge in [-0.15, -0.1) is 0 Å². The number of esters is 2. The third kappa shape index (κ3) is 4.16. The van der Waals surface area contributed by atoms with E-state index >= 15 is 0 Å². The van der Waals surface area contributed by atoms with Gasteiger partial charge in [0.1, 0.15) is 6.61 Å². The summed E-state index contributed by atoms with van der Waals surface area (Å²) in [5, 5.41) is 2.43. The number of carbonyl (C=O) groups excluding carboxylic acids is 3. The monoisotopic (exact) mass is 231 g/mol. The second-order valence-corrected chi connectivity index (χ2v) is 3.17. The predicted octanol–water partition coefficient (Wildman–Crippen LogP) is -0.409. The van der Waals surface area contributed by atoms with Crippen LogP contribution < -0.4 is 5.32 Å². The lowest BCUT2D eigenvalue weighted by molar-refractivity contribution is -0.150. The van der Waals surface area contributed by atoms with Gasteiger partial charge in [-0.25, -0.2) is 4.79 Å². The van der Waals surface area contributed by atoms with Gasteiger partial charge in [0.25, 0.3) is 0 Å². The molecule has 0 unspecified atom stereocenters. The smallest absolute Gasteiger partial charge is 0.407 e. The van der Waals surface area contributed by atoms with Gasteiger partial charge >= 0.3 is 18.0 Å². The van der Waals surface area contributed by atoms with Crippen LogP contribution in [-0.2, 0) is 23.8 Å². The largest absolute Gasteiger partial charge is 0.469 e. The molecular weight excluding hydrogens is 218 g/mol. The minimum Gasteiger partial charge on any atom is -0.469 e. The molecule has 1 aliphatic rings. The summed E-state index contributed by atoms with van der Waals surface area (Å²) in [5.74, 6) is -0.987. The Hall–Kier alpha value is -1.79. The van der Waals surface area contributed by atoms with Crippen molar-refractivity contribution in [3.63, 3.8) is 0 Å². The fourth-order valence-corrected chi connectivity index (χ4v) is 1.09. The molecule has 0 bridgehead atoms. The normalized spacial score (nSPS) is 18.6. The number of alkyl carbamates (subject to hydrolysis) is 1. The van der Waals surface area contributed by atoms with Crippen LogP contribution in [0.1, 0.15) is 12.8 Å². The van der Waals surface area contributed by atoms with E-state index in [1.165, 1.54) is 7.11 Å². The van der Waals surface area contributed by atoms with Crippen LogP contribution in [0.25, 0.3) is 0 Å². The number of hydrogen-bond acceptors (Lipinski definition) is 6. The second kappa shape index (κ2) is 5.94. The van der Waals surface area contributed by atoms with Gasteiger partial charge in [-0.1, -0.05) is 0 Å². The molecule has 0 aliphatic carbocycles. The topological polar surface area (TPSA) is 90.9 Å². The Bertz CT molecular complexity index is 290. The summed E-state index contributed by atoms with van der Waals surface area (Å²) in [6, 6.07) is 0. The van der Waals surface area contributed by atoms with Crippen molar-refractivity contribution in [1.29, 1.82) is 0 Å². The van der Waals surface area contributed by atoms with Crippen LogP contribution in [0.3, 0.4) is 0 Å². The molecule has 90 valence electrons. The Morgan fingerprint density at radius 2 is 2.12 bits per heavy atom. The number of cyclic esters (lactones) is 1. The second-order valence-electron chi connectivity index (χ2n) is 3.17. The van der Waals surface area contributed by atoms with Crippen molar-refractivity contribution in [3.8, 4) is 0 Å². The van der Waals surface area contributed by atoms with Gasteiger partial charge in [-0.2, -0.15) is 0 Å². The van der Waals surface area contributed by atoms with Crippen LogP contribution in [-0.4, -0.2) is 44.4 Å². The number of methoxy groups -OCH3 is 1. The first-order valence-electron chi connectivity index (χ1n) is 4.78. The summed E-state index contributed by atoms with van der Waals surface area (Å²) in [6.07, 6.45) is -1.02. The van der Waals surface area contributed by atoms with E-state index in [1.54, 1.807) is 0 Å². The first kappa shape index (κ1) is 12.3. The third-order valence-corrected chi connectivity index (χ3v) is 1.94. The zero-order chi connectivity index (χ0) is 12.0. The molecule has 0 aromatic heterocycles. The van der Waals surface area contributed by atoms with E-state index in [4.69, 9.17) is 9.47 Å². The summed E-state index contributed by atoms with van der Waals surface area (Å²) in [4.78, 5) is 32.4. The van der Waals surface area contributed by atoms with Crippen LogP contribution in [0.15, 0.2) is 0 Å². The highest BCUT2D eigenvalue weighted by Gasteiger charge is 2.23. The molecule has 0 radical (unpaired) electrons. The maximum atomic E-state index is 11.1. The molecule has 1 aliphatic heterocycles. The van der Waals surface area contributed by atoms with Gasteiger partial charge in [0.15, 0.2) is 6.10 Å². The fraction of sp³-hybridized carbons (Fsp3) is 0.667. The quantitative estimate of drug-likeness (QED) is 0.511. The van der Waals surface area contributed by atoms with E-state index in [9.17, 15) is 14.4 Å². The van der Waals surface area contributed by atoms with Gasteiger partial charge in [0.2, 0.25) is 0 Å². The maximum Gasteiger partial charge on any atom is 0.407 e. The number of ether oxygens (including phenoxy) is 3. The van der Waals surface area contributed by atoms with Crippen molar-refractivity contribution < 1.29 is 28.6 Å². The molecule has 0 saturated carbocycles. The Morgan fingerprint density at radius 1 is 1.44 bits per heavy atom. The molecule has 1 fully saturated rings. The summed E-state index contributed by atoms with van der Waals surface area (Å²) in [5.41, 5.74) is 0. The summed E-state index contributed by atoms with van der Waals surface area (Å²) in [7, 11) is 1.25. The van der Waals surface area contributed by atoms with Crippen LogP contribution >= 0.6 is 0 Å². The van der Waals surface area contributed by atoms with Gasteiger partial charge in [0.05, 0.1) is 26.5 Å². The van der Waals surface area contributed by atoms with E-state index < -0.39 is 24.1 Å². The van der Waals surface area contributed by atoms with E-state index in [0.717, 1.165) is 0 Å². The number of carbonyl (C=O) groups is 3. The Morgan fingerprint density at radius 3 is 2.69 bits per heavy atom. The minimum absolute atomic E-state index is 0.00124. The van der Waals surface area contributed by atoms with Gasteiger partial charge in [-0.05, 0) is 0 Å². The lowest BCUT2D eigenvalue weighted by Gasteiger charge is -2.08. The highest BCUT2D eigenvalue weighted by atomic mass is 16.6. The average molecular weight is 231 g/mol. The van der Waals surface area contributed by atoms with Gasteiger partial charge in [0, 0.05) is 0 Å². The van der Waals surface area contributed by atoms with Crippen LogP contribution in [0.4, 0.5) is 4.79 Å². The molecule has 7 heteroatoms. The first-order chi connectivity index (χ1) is 7.61. The number of rotatable bonds is 5. The van der Waals surface area contributed by atoms with E-state index in [-0.39, 0.29) is 19.4 Å². The maximum absolute atomic E-state index is 11.1. The van der Waals surface area contributed by atoms with Gasteiger partial charge in [-0.3, -0.25) is 9.59 Å². The molecular formula is C9H13NO6. The molecule has 0 aromatic carbocycles. The van der Waals surface area contributed by atoms with E-state index in [1.807, 2.05) is 0 Å². The van der Waals surface area contributed by atoms with E-state index in [2.05, 4.69) is 10.1 Å². The first-order valence-corrected chi connectivity index (χ1v) is 4.78. The lowest BCUT2D eigenvalue weighted by Crippen LogP contribution is -2.22. The predicted molar refractivity (Wildman–Crippen MR) is 50.5 cm³/mol. The highest BCUT2D eigenvalue weighted by Crippen LogP contribution is 2.02. The Balaban J connectivity index is 2.10. The Kier molecular flexibility index (Phi) is 4.56. The molecule has 7 nitrogen and oxygen atoms in total. The van der Waals surface area contributed by atoms with Crippen LogP contribution in [0.2, 0.25) is 0 Å². The van der Waals surface area contributed by atoms with Crippen LogP contribution in [0.5, 0.6) is 0 Å². The van der Waals surface area contributed by atoms with Crippen molar-refractivity contribution in [1.82, 2.24) is 5.32 Å². The molecule has 0 spiro atoms. The molecule has 1 amide bonds. The lowest BCUT2D eigenvalue weighted by atomic mass is 10.3. The number of hydrogen-bond donors (Lipinski definition) is 1. The van der Waals surface area contributed by atoms with Crippen molar-refractivity contribution in [2.45, 2.75) is 18.9 Å². The zero-order valence-electron chi connectivity index (χ0n) is 8.86. The molecule has 1 saturated heterocycles. The minimum atomic E-state index is -0.520. The average Bonchev–Trinajstić information content (AvgIpc) is 2.69. The van der Waals surface area contributed by atoms with Crippen molar-refractivity contribution >= 4 is 18.0 Å². The zero-order valence-corrected chi connectivity index (χ0v) is 8.86. The summed E-state index contributed by atoms with van der Waals surface area (Å²) in [6.45, 7) is 0.321. The third-order valence-electron chi connectivity index (χ3n) is 1.94. The summed E-state index contributed by atoms with van der Waals surface area (Å²) >= 11 is 0. The SMILES string of the molecule is COC(=O)CCC(=O)OC[C@H]1CNC(=O)O1. The van der Waals surface area contributed by atoms with Crippen molar-refractivity contribution in [2.24, 2.45) is 0 Å². The van der Waals surface area contributed by atoms with Crippen molar-refractivity contribution in [3.05, 3.63) is 0 Å². The molecule has 1 heterocycles. The molecule has 1 rings (SSSR count). The van der Waals surface area contributed by atoms with Crippen molar-refractivity contribution in [2.75, 3.05) is 20.3 Å². The van der Waals surface area contributed by atoms with Gasteiger partial charge < -0.3 is 19.5 Å². The molecule has 1 N–H and O–H groups in total. The number of nitrogens with one attached hydrogen (secondary N) is 1. The Labute approximate surface area is 92.0 Å². The standard InChI is InChI=1S/C9H13NO6/c1-14-7(11)2-3-8(12)15-5-6-4-10-9(13)16-6/h6H,2-5H2,1H3,(H,10,13)/t6-/m1/s1. The highest BCUT2D eigenvalue weighted by molar-refractivity contribution is 5.77. The molecule has 0 aromatic rings. The molecule has 16 heavy (non-hydrogen) atoms. The van der Waals surface area contributed by atoms with E-state index in [0.29, 0.717) is 6.54 Å². The van der Waals surface area contributed by atoms with Crippen LogP contribution in [0, 0.1) is 0 Å². The molecule has 1 atom stereocenters. The summed E-state index contributed by atoms with van der Waals surface area (Å²) < 4.78 is 13.9. The number of amides is 1.